The number of methoxy groups -OCH3 is 1. The van der Waals surface area contributed by atoms with Gasteiger partial charge in [-0.05, 0) is 13.0 Å². The molecule has 1 amide bonds. The van der Waals surface area contributed by atoms with Gasteiger partial charge in [-0.25, -0.2) is 9.78 Å². The fourth-order valence-electron chi connectivity index (χ4n) is 1.47. The minimum absolute atomic E-state index is 0.156. The molecule has 0 bridgehead atoms. The Balaban J connectivity index is 2.87. The normalized spacial score (nSPS) is 13.2. The Labute approximate surface area is 110 Å². The summed E-state index contributed by atoms with van der Waals surface area (Å²) in [6.07, 6.45) is 0.451. The van der Waals surface area contributed by atoms with Crippen LogP contribution < -0.4 is 10.1 Å². The van der Waals surface area contributed by atoms with Crippen LogP contribution in [0.2, 0.25) is 0 Å². The van der Waals surface area contributed by atoms with Crippen LogP contribution in [0.3, 0.4) is 0 Å². The standard InChI is InChI=1S/C12H16N2O5/c1-3-19-12(17)10(14-7-15)11(16)8-4-5-9(18-2)13-6-8/h4-7,10-11,16H,3H2,1-2H3,(H,14,15). The molecule has 0 spiro atoms. The van der Waals surface area contributed by atoms with Crippen molar-refractivity contribution < 1.29 is 24.2 Å². The summed E-state index contributed by atoms with van der Waals surface area (Å²) in [4.78, 5) is 26.0. The number of esters is 1. The van der Waals surface area contributed by atoms with Gasteiger partial charge in [0.15, 0.2) is 6.04 Å². The number of amides is 1. The van der Waals surface area contributed by atoms with Crippen molar-refractivity contribution in [1.82, 2.24) is 10.3 Å². The quantitative estimate of drug-likeness (QED) is 0.525. The fourth-order valence-corrected chi connectivity index (χ4v) is 1.47. The van der Waals surface area contributed by atoms with Gasteiger partial charge in [0.25, 0.3) is 0 Å². The maximum absolute atomic E-state index is 11.6. The van der Waals surface area contributed by atoms with Gasteiger partial charge >= 0.3 is 5.97 Å². The van der Waals surface area contributed by atoms with Crippen molar-refractivity contribution in [2.45, 2.75) is 19.1 Å². The number of hydrogen-bond donors (Lipinski definition) is 2. The number of hydrogen-bond acceptors (Lipinski definition) is 6. The van der Waals surface area contributed by atoms with Crippen molar-refractivity contribution >= 4 is 12.4 Å². The smallest absolute Gasteiger partial charge is 0.331 e. The highest BCUT2D eigenvalue weighted by Crippen LogP contribution is 2.18. The third kappa shape index (κ3) is 3.92. The van der Waals surface area contributed by atoms with Crippen LogP contribution >= 0.6 is 0 Å². The predicted octanol–water partition coefficient (Wildman–Crippen LogP) is -0.199. The minimum atomic E-state index is -1.25. The number of pyridine rings is 1. The molecule has 1 aromatic heterocycles. The van der Waals surface area contributed by atoms with E-state index in [1.807, 2.05) is 0 Å². The molecule has 1 heterocycles. The van der Waals surface area contributed by atoms with Gasteiger partial charge in [0.05, 0.1) is 13.7 Å². The van der Waals surface area contributed by atoms with Crippen LogP contribution in [0.4, 0.5) is 0 Å². The number of ether oxygens (including phenoxy) is 2. The first-order valence-corrected chi connectivity index (χ1v) is 5.68. The lowest BCUT2D eigenvalue weighted by atomic mass is 10.0. The number of carbonyl (C=O) groups is 2. The molecule has 1 aromatic rings. The Morgan fingerprint density at radius 1 is 1.58 bits per heavy atom. The van der Waals surface area contributed by atoms with Crippen LogP contribution in [0.1, 0.15) is 18.6 Å². The molecule has 0 aromatic carbocycles. The van der Waals surface area contributed by atoms with Gasteiger partial charge in [-0.3, -0.25) is 4.79 Å². The van der Waals surface area contributed by atoms with E-state index in [1.54, 1.807) is 19.1 Å². The molecule has 104 valence electrons. The first-order valence-electron chi connectivity index (χ1n) is 5.68. The molecule has 0 aliphatic carbocycles. The second kappa shape index (κ2) is 7.32. The number of aliphatic hydroxyl groups is 1. The molecule has 2 atom stereocenters. The van der Waals surface area contributed by atoms with E-state index in [9.17, 15) is 14.7 Å². The Kier molecular flexibility index (Phi) is 5.74. The zero-order valence-corrected chi connectivity index (χ0v) is 10.7. The lowest BCUT2D eigenvalue weighted by Crippen LogP contribution is -2.42. The Morgan fingerprint density at radius 3 is 2.79 bits per heavy atom. The van der Waals surface area contributed by atoms with E-state index in [4.69, 9.17) is 9.47 Å². The van der Waals surface area contributed by atoms with E-state index < -0.39 is 18.1 Å². The molecule has 0 saturated carbocycles. The van der Waals surface area contributed by atoms with Gasteiger partial charge in [-0.1, -0.05) is 0 Å². The van der Waals surface area contributed by atoms with Crippen LogP contribution in [0.25, 0.3) is 0 Å². The zero-order valence-electron chi connectivity index (χ0n) is 10.7. The molecular formula is C12H16N2O5. The largest absolute Gasteiger partial charge is 0.481 e. The number of aromatic nitrogens is 1. The maximum atomic E-state index is 11.6. The highest BCUT2D eigenvalue weighted by atomic mass is 16.5. The monoisotopic (exact) mass is 268 g/mol. The van der Waals surface area contributed by atoms with Crippen LogP contribution in [-0.2, 0) is 14.3 Å². The van der Waals surface area contributed by atoms with E-state index in [2.05, 4.69) is 10.3 Å². The van der Waals surface area contributed by atoms with Crippen LogP contribution in [0.5, 0.6) is 5.88 Å². The lowest BCUT2D eigenvalue weighted by molar-refractivity contribution is -0.149. The molecule has 0 aliphatic heterocycles. The minimum Gasteiger partial charge on any atom is -0.481 e. The third-order valence-corrected chi connectivity index (χ3v) is 2.41. The van der Waals surface area contributed by atoms with Crippen molar-refractivity contribution in [3.63, 3.8) is 0 Å². The topological polar surface area (TPSA) is 97.8 Å². The number of rotatable bonds is 7. The molecular weight excluding hydrogens is 252 g/mol. The predicted molar refractivity (Wildman–Crippen MR) is 65.4 cm³/mol. The van der Waals surface area contributed by atoms with Crippen molar-refractivity contribution in [2.75, 3.05) is 13.7 Å². The van der Waals surface area contributed by atoms with E-state index in [0.717, 1.165) is 0 Å². The third-order valence-electron chi connectivity index (χ3n) is 2.41. The number of carbonyl (C=O) groups excluding carboxylic acids is 2. The highest BCUT2D eigenvalue weighted by Gasteiger charge is 2.29. The van der Waals surface area contributed by atoms with E-state index in [0.29, 0.717) is 17.9 Å². The van der Waals surface area contributed by atoms with E-state index in [1.165, 1.54) is 13.3 Å². The molecule has 0 radical (unpaired) electrons. The van der Waals surface area contributed by atoms with E-state index >= 15 is 0 Å². The van der Waals surface area contributed by atoms with Crippen molar-refractivity contribution in [3.8, 4) is 5.88 Å². The molecule has 7 nitrogen and oxygen atoms in total. The maximum Gasteiger partial charge on any atom is 0.331 e. The summed E-state index contributed by atoms with van der Waals surface area (Å²) in [6, 6.07) is 1.92. The second-order valence-electron chi connectivity index (χ2n) is 3.59. The van der Waals surface area contributed by atoms with E-state index in [-0.39, 0.29) is 6.61 Å². The van der Waals surface area contributed by atoms with Gasteiger partial charge < -0.3 is 19.9 Å². The van der Waals surface area contributed by atoms with Gasteiger partial charge in [0, 0.05) is 17.8 Å². The number of nitrogens with zero attached hydrogens (tertiary/aromatic N) is 1. The molecule has 0 fully saturated rings. The molecule has 7 heteroatoms. The van der Waals surface area contributed by atoms with Crippen LogP contribution in [0, 0.1) is 0 Å². The molecule has 19 heavy (non-hydrogen) atoms. The lowest BCUT2D eigenvalue weighted by Gasteiger charge is -2.20. The van der Waals surface area contributed by atoms with Gasteiger partial charge in [0.1, 0.15) is 6.10 Å². The summed E-state index contributed by atoms with van der Waals surface area (Å²) >= 11 is 0. The summed E-state index contributed by atoms with van der Waals surface area (Å²) in [5.41, 5.74) is 0.369. The first-order chi connectivity index (χ1) is 9.13. The van der Waals surface area contributed by atoms with Gasteiger partial charge in [-0.15, -0.1) is 0 Å². The Hall–Kier alpha value is -2.15. The van der Waals surface area contributed by atoms with Gasteiger partial charge in [0.2, 0.25) is 12.3 Å². The molecule has 0 aliphatic rings. The summed E-state index contributed by atoms with van der Waals surface area (Å²) in [6.45, 7) is 1.79. The summed E-state index contributed by atoms with van der Waals surface area (Å²) in [5.74, 6) is -0.329. The number of nitrogens with one attached hydrogen (secondary N) is 1. The second-order valence-corrected chi connectivity index (χ2v) is 3.59. The van der Waals surface area contributed by atoms with Gasteiger partial charge in [-0.2, -0.15) is 0 Å². The fraction of sp³-hybridized carbons (Fsp3) is 0.417. The summed E-state index contributed by atoms with van der Waals surface area (Å²) < 4.78 is 9.67. The highest BCUT2D eigenvalue weighted by molar-refractivity contribution is 5.79. The molecule has 2 unspecified atom stereocenters. The van der Waals surface area contributed by atoms with Crippen LogP contribution in [0.15, 0.2) is 18.3 Å². The molecule has 2 N–H and O–H groups in total. The average Bonchev–Trinajstić information content (AvgIpc) is 2.44. The SMILES string of the molecule is CCOC(=O)C(NC=O)C(O)c1ccc(OC)nc1. The van der Waals surface area contributed by atoms with Crippen molar-refractivity contribution in [1.29, 1.82) is 0 Å². The number of aliphatic hydroxyl groups excluding tert-OH is 1. The van der Waals surface area contributed by atoms with Crippen molar-refractivity contribution in [2.24, 2.45) is 0 Å². The Bertz CT molecular complexity index is 421. The summed E-state index contributed by atoms with van der Waals surface area (Å²) in [7, 11) is 1.47. The molecule has 0 saturated heterocycles. The van der Waals surface area contributed by atoms with Crippen molar-refractivity contribution in [3.05, 3.63) is 23.9 Å². The first kappa shape index (κ1) is 14.9. The van der Waals surface area contributed by atoms with Crippen LogP contribution in [-0.4, -0.2) is 42.2 Å². The zero-order chi connectivity index (χ0) is 14.3. The Morgan fingerprint density at radius 2 is 2.32 bits per heavy atom. The average molecular weight is 268 g/mol. The summed E-state index contributed by atoms with van der Waals surface area (Å²) in [5, 5.41) is 12.3. The molecule has 1 rings (SSSR count).